The first kappa shape index (κ1) is 18.0. The third-order valence-corrected chi connectivity index (χ3v) is 4.44. The number of hydrogen-bond acceptors (Lipinski definition) is 6. The highest BCUT2D eigenvalue weighted by atomic mass is 35.5. The van der Waals surface area contributed by atoms with Crippen LogP contribution in [-0.2, 0) is 0 Å². The molecule has 3 heterocycles. The van der Waals surface area contributed by atoms with E-state index in [0.717, 1.165) is 10.6 Å². The van der Waals surface area contributed by atoms with Gasteiger partial charge in [-0.2, -0.15) is 5.10 Å². The number of halogens is 1. The SMILES string of the molecule is O=C(NCCCNC(=O)c1cncc(Cl)n1)c1cc(-c2cccs2)[nH]n1. The molecule has 3 rings (SSSR count). The van der Waals surface area contributed by atoms with Crippen LogP contribution in [0.1, 0.15) is 27.4 Å². The fourth-order valence-electron chi connectivity index (χ4n) is 2.12. The molecule has 0 fully saturated rings. The van der Waals surface area contributed by atoms with Crippen LogP contribution in [0.15, 0.2) is 36.0 Å². The molecule has 0 spiro atoms. The van der Waals surface area contributed by atoms with Crippen LogP contribution >= 0.6 is 22.9 Å². The minimum atomic E-state index is -0.362. The number of carbonyl (C=O) groups excluding carboxylic acids is 2. The maximum Gasteiger partial charge on any atom is 0.271 e. The normalized spacial score (nSPS) is 10.5. The first-order valence-electron chi connectivity index (χ1n) is 7.77. The van der Waals surface area contributed by atoms with Gasteiger partial charge in [0.1, 0.15) is 10.8 Å². The van der Waals surface area contributed by atoms with E-state index in [1.54, 1.807) is 17.4 Å². The fourth-order valence-corrected chi connectivity index (χ4v) is 2.96. The molecule has 3 aromatic heterocycles. The molecule has 26 heavy (non-hydrogen) atoms. The lowest BCUT2D eigenvalue weighted by Crippen LogP contribution is -2.30. The second-order valence-electron chi connectivity index (χ2n) is 5.24. The van der Waals surface area contributed by atoms with Gasteiger partial charge < -0.3 is 10.6 Å². The number of thiophene rings is 1. The molecular weight excluding hydrogens is 376 g/mol. The predicted molar refractivity (Wildman–Crippen MR) is 98.2 cm³/mol. The monoisotopic (exact) mass is 390 g/mol. The highest BCUT2D eigenvalue weighted by molar-refractivity contribution is 7.13. The molecule has 0 aliphatic heterocycles. The maximum absolute atomic E-state index is 12.1. The van der Waals surface area contributed by atoms with E-state index in [2.05, 4.69) is 30.8 Å². The molecule has 0 unspecified atom stereocenters. The number of hydrogen-bond donors (Lipinski definition) is 3. The quantitative estimate of drug-likeness (QED) is 0.535. The van der Waals surface area contributed by atoms with Crippen molar-refractivity contribution in [1.29, 1.82) is 0 Å². The molecule has 8 nitrogen and oxygen atoms in total. The van der Waals surface area contributed by atoms with E-state index in [4.69, 9.17) is 11.6 Å². The summed E-state index contributed by atoms with van der Waals surface area (Å²) in [7, 11) is 0. The average Bonchev–Trinajstić information content (AvgIpc) is 3.32. The van der Waals surface area contributed by atoms with Crippen LogP contribution < -0.4 is 10.6 Å². The summed E-state index contributed by atoms with van der Waals surface area (Å²) in [5.74, 6) is -0.629. The van der Waals surface area contributed by atoms with Gasteiger partial charge in [-0.15, -0.1) is 11.3 Å². The molecule has 0 aliphatic rings. The minimum absolute atomic E-state index is 0.152. The van der Waals surface area contributed by atoms with Gasteiger partial charge in [0, 0.05) is 13.1 Å². The van der Waals surface area contributed by atoms with E-state index < -0.39 is 0 Å². The van der Waals surface area contributed by atoms with Crippen molar-refractivity contribution < 1.29 is 9.59 Å². The first-order chi connectivity index (χ1) is 12.6. The van der Waals surface area contributed by atoms with Gasteiger partial charge in [0.25, 0.3) is 11.8 Å². The Labute approximate surface area is 158 Å². The lowest BCUT2D eigenvalue weighted by molar-refractivity contribution is 0.0946. The number of rotatable bonds is 7. The van der Waals surface area contributed by atoms with E-state index in [1.165, 1.54) is 12.4 Å². The molecule has 0 aromatic carbocycles. The standard InChI is InChI=1S/C16H15ClN6O2S/c17-14-9-18-8-12(21-14)16(25)20-5-2-4-19-15(24)11-7-10(22-23-11)13-3-1-6-26-13/h1,3,6-9H,2,4-5H2,(H,19,24)(H,20,25)(H,22,23). The number of aromatic nitrogens is 4. The van der Waals surface area contributed by atoms with Crippen molar-refractivity contribution in [2.45, 2.75) is 6.42 Å². The van der Waals surface area contributed by atoms with E-state index in [0.29, 0.717) is 25.2 Å². The van der Waals surface area contributed by atoms with Crippen molar-refractivity contribution in [1.82, 2.24) is 30.8 Å². The Morgan fingerprint density at radius 2 is 1.92 bits per heavy atom. The second kappa shape index (κ2) is 8.54. The van der Waals surface area contributed by atoms with Gasteiger partial charge in [-0.25, -0.2) is 4.98 Å². The van der Waals surface area contributed by atoms with Crippen molar-refractivity contribution in [2.24, 2.45) is 0 Å². The van der Waals surface area contributed by atoms with E-state index in [9.17, 15) is 9.59 Å². The number of aromatic amines is 1. The van der Waals surface area contributed by atoms with Crippen molar-refractivity contribution >= 4 is 34.8 Å². The summed E-state index contributed by atoms with van der Waals surface area (Å²) in [5, 5.41) is 14.4. The lowest BCUT2D eigenvalue weighted by atomic mass is 10.3. The second-order valence-corrected chi connectivity index (χ2v) is 6.57. The van der Waals surface area contributed by atoms with Crippen molar-refractivity contribution in [3.8, 4) is 10.6 Å². The largest absolute Gasteiger partial charge is 0.351 e. The third-order valence-electron chi connectivity index (χ3n) is 3.36. The molecule has 0 aliphatic carbocycles. The van der Waals surface area contributed by atoms with Gasteiger partial charge in [0.15, 0.2) is 5.69 Å². The number of nitrogens with one attached hydrogen (secondary N) is 3. The summed E-state index contributed by atoms with van der Waals surface area (Å²) in [5.41, 5.74) is 1.28. The number of nitrogens with zero attached hydrogens (tertiary/aromatic N) is 3. The predicted octanol–water partition coefficient (Wildman–Crippen LogP) is 2.13. The van der Waals surface area contributed by atoms with E-state index in [-0.39, 0.29) is 22.7 Å². The van der Waals surface area contributed by atoms with Crippen molar-refractivity contribution in [3.63, 3.8) is 0 Å². The highest BCUT2D eigenvalue weighted by Gasteiger charge is 2.12. The van der Waals surface area contributed by atoms with Gasteiger partial charge in [-0.05, 0) is 23.9 Å². The van der Waals surface area contributed by atoms with Crippen LogP contribution in [-0.4, -0.2) is 45.1 Å². The fraction of sp³-hybridized carbons (Fsp3) is 0.188. The molecule has 134 valence electrons. The zero-order chi connectivity index (χ0) is 18.4. The Hall–Kier alpha value is -2.78. The summed E-state index contributed by atoms with van der Waals surface area (Å²) in [6.45, 7) is 0.788. The molecule has 0 atom stereocenters. The molecule has 0 saturated heterocycles. The summed E-state index contributed by atoms with van der Waals surface area (Å²) in [6.07, 6.45) is 3.26. The van der Waals surface area contributed by atoms with Crippen LogP contribution in [0.25, 0.3) is 10.6 Å². The van der Waals surface area contributed by atoms with Gasteiger partial charge >= 0.3 is 0 Å². The van der Waals surface area contributed by atoms with Crippen LogP contribution in [0.2, 0.25) is 5.15 Å². The Morgan fingerprint density at radius 1 is 1.15 bits per heavy atom. The zero-order valence-corrected chi connectivity index (χ0v) is 15.1. The van der Waals surface area contributed by atoms with Crippen molar-refractivity contribution in [2.75, 3.05) is 13.1 Å². The van der Waals surface area contributed by atoms with Crippen LogP contribution in [0, 0.1) is 0 Å². The Balaban J connectivity index is 1.40. The van der Waals surface area contributed by atoms with E-state index in [1.807, 2.05) is 17.5 Å². The summed E-state index contributed by atoms with van der Waals surface area (Å²) >= 11 is 7.26. The third kappa shape index (κ3) is 4.64. The molecule has 10 heteroatoms. The maximum atomic E-state index is 12.1. The first-order valence-corrected chi connectivity index (χ1v) is 9.02. The summed E-state index contributed by atoms with van der Waals surface area (Å²) < 4.78 is 0. The smallest absolute Gasteiger partial charge is 0.271 e. The van der Waals surface area contributed by atoms with Crippen LogP contribution in [0.5, 0.6) is 0 Å². The molecule has 3 aromatic rings. The molecule has 0 radical (unpaired) electrons. The van der Waals surface area contributed by atoms with Crippen LogP contribution in [0.3, 0.4) is 0 Å². The molecule has 0 saturated carbocycles. The Bertz CT molecular complexity index is 896. The summed E-state index contributed by atoms with van der Waals surface area (Å²) in [6, 6.07) is 5.59. The molecule has 3 N–H and O–H groups in total. The number of H-pyrrole nitrogens is 1. The average molecular weight is 391 g/mol. The van der Waals surface area contributed by atoms with Gasteiger partial charge in [-0.1, -0.05) is 17.7 Å². The highest BCUT2D eigenvalue weighted by Crippen LogP contribution is 2.22. The van der Waals surface area contributed by atoms with Crippen molar-refractivity contribution in [3.05, 3.63) is 52.5 Å². The lowest BCUT2D eigenvalue weighted by Gasteiger charge is -2.05. The zero-order valence-electron chi connectivity index (χ0n) is 13.5. The van der Waals surface area contributed by atoms with E-state index >= 15 is 0 Å². The topological polar surface area (TPSA) is 113 Å². The number of amides is 2. The molecular formula is C16H15ClN6O2S. The summed E-state index contributed by atoms with van der Waals surface area (Å²) in [4.78, 5) is 32.6. The molecule has 0 bridgehead atoms. The minimum Gasteiger partial charge on any atom is -0.351 e. The van der Waals surface area contributed by atoms with Gasteiger partial charge in [0.05, 0.1) is 23.0 Å². The molecule has 2 amide bonds. The Morgan fingerprint density at radius 3 is 2.62 bits per heavy atom. The van der Waals surface area contributed by atoms with Gasteiger partial charge in [0.2, 0.25) is 0 Å². The van der Waals surface area contributed by atoms with Gasteiger partial charge in [-0.3, -0.25) is 19.7 Å². The number of carbonyl (C=O) groups is 2. The Kier molecular flexibility index (Phi) is 5.92. The van der Waals surface area contributed by atoms with Crippen LogP contribution in [0.4, 0.5) is 0 Å².